The van der Waals surface area contributed by atoms with E-state index in [0.29, 0.717) is 40.0 Å². The first-order valence-electron chi connectivity index (χ1n) is 12.8. The molecule has 0 saturated heterocycles. The Bertz CT molecular complexity index is 1670. The van der Waals surface area contributed by atoms with Crippen molar-refractivity contribution in [2.45, 2.75) is 6.61 Å². The van der Waals surface area contributed by atoms with Crippen molar-refractivity contribution in [1.29, 1.82) is 0 Å². The Morgan fingerprint density at radius 2 is 1.44 bits per heavy atom. The fourth-order valence-corrected chi connectivity index (χ4v) is 4.09. The van der Waals surface area contributed by atoms with Crippen molar-refractivity contribution >= 4 is 40.5 Å². The zero-order valence-corrected chi connectivity index (χ0v) is 22.6. The number of carbonyl (C=O) groups is 2. The Morgan fingerprint density at radius 1 is 0.756 bits per heavy atom. The zero-order valence-electron chi connectivity index (χ0n) is 21.8. The number of amides is 1. The van der Waals surface area contributed by atoms with Crippen molar-refractivity contribution < 1.29 is 23.8 Å². The predicted molar refractivity (Wildman–Crippen MR) is 159 cm³/mol. The van der Waals surface area contributed by atoms with Crippen molar-refractivity contribution in [1.82, 2.24) is 5.43 Å². The molecule has 7 nitrogen and oxygen atoms in total. The molecule has 8 heteroatoms. The Hall–Kier alpha value is -5.14. The van der Waals surface area contributed by atoms with Crippen molar-refractivity contribution in [3.8, 4) is 17.2 Å². The molecule has 0 atom stereocenters. The molecule has 41 heavy (non-hydrogen) atoms. The monoisotopic (exact) mass is 564 g/mol. The van der Waals surface area contributed by atoms with Gasteiger partial charge < -0.3 is 14.2 Å². The van der Waals surface area contributed by atoms with E-state index >= 15 is 0 Å². The van der Waals surface area contributed by atoms with Crippen LogP contribution in [0.1, 0.15) is 21.5 Å². The van der Waals surface area contributed by atoms with Gasteiger partial charge >= 0.3 is 5.97 Å². The lowest BCUT2D eigenvalue weighted by molar-refractivity contribution is -0.123. The second-order valence-corrected chi connectivity index (χ2v) is 9.36. The summed E-state index contributed by atoms with van der Waals surface area (Å²) in [6.07, 6.45) is 1.45. The van der Waals surface area contributed by atoms with Crippen LogP contribution in [-0.2, 0) is 11.4 Å². The lowest BCUT2D eigenvalue weighted by atomic mass is 10.0. The number of ether oxygens (including phenoxy) is 3. The molecule has 1 N–H and O–H groups in total. The Balaban J connectivity index is 1.19. The second kappa shape index (κ2) is 13.3. The van der Waals surface area contributed by atoms with E-state index in [2.05, 4.69) is 10.5 Å². The number of carbonyl (C=O) groups excluding carboxylic acids is 2. The van der Waals surface area contributed by atoms with Crippen LogP contribution in [0.5, 0.6) is 17.2 Å². The molecule has 0 aliphatic carbocycles. The molecule has 1 amide bonds. The summed E-state index contributed by atoms with van der Waals surface area (Å²) in [5.41, 5.74) is 4.42. The maximum Gasteiger partial charge on any atom is 0.343 e. The van der Waals surface area contributed by atoms with Crippen LogP contribution < -0.4 is 19.6 Å². The number of hydrogen-bond donors (Lipinski definition) is 1. The highest BCUT2D eigenvalue weighted by molar-refractivity contribution is 6.30. The van der Waals surface area contributed by atoms with Crippen LogP contribution in [0.15, 0.2) is 120 Å². The Labute approximate surface area is 241 Å². The maximum atomic E-state index is 12.7. The number of nitrogens with zero attached hydrogens (tertiary/aromatic N) is 1. The average molecular weight is 565 g/mol. The fraction of sp³-hybridized carbons (Fsp3) is 0.0606. The lowest BCUT2D eigenvalue weighted by Gasteiger charge is -2.11. The highest BCUT2D eigenvalue weighted by atomic mass is 35.5. The van der Waals surface area contributed by atoms with Crippen molar-refractivity contribution in [3.63, 3.8) is 0 Å². The van der Waals surface area contributed by atoms with E-state index in [9.17, 15) is 9.59 Å². The molecule has 0 saturated carbocycles. The third-order valence-corrected chi connectivity index (χ3v) is 6.29. The normalized spacial score (nSPS) is 10.9. The van der Waals surface area contributed by atoms with Gasteiger partial charge in [-0.2, -0.15) is 5.10 Å². The van der Waals surface area contributed by atoms with Crippen molar-refractivity contribution in [2.75, 3.05) is 6.61 Å². The molecule has 0 spiro atoms. The molecule has 0 aliphatic heterocycles. The standard InChI is InChI=1S/C33H25ClN2O5/c34-26-13-10-25(11-14-26)33(38)41-31-19-12-24-8-4-5-9-29(24)30(31)20-35-36-32(37)22-40-28-17-15-27(16-18-28)39-21-23-6-2-1-3-7-23/h1-20H,21-22H2,(H,36,37)/b35-20+. The summed E-state index contributed by atoms with van der Waals surface area (Å²) in [4.78, 5) is 25.1. The molecule has 0 aromatic heterocycles. The SMILES string of the molecule is O=C(COc1ccc(OCc2ccccc2)cc1)N/N=C/c1c(OC(=O)c2ccc(Cl)cc2)ccc2ccccc12. The van der Waals surface area contributed by atoms with Crippen LogP contribution in [0.3, 0.4) is 0 Å². The fourth-order valence-electron chi connectivity index (χ4n) is 3.97. The van der Waals surface area contributed by atoms with E-state index in [0.717, 1.165) is 16.3 Å². The molecular weight excluding hydrogens is 540 g/mol. The summed E-state index contributed by atoms with van der Waals surface area (Å²) in [6, 6.07) is 34.4. The topological polar surface area (TPSA) is 86.2 Å². The van der Waals surface area contributed by atoms with Gasteiger partial charge in [0.05, 0.1) is 11.8 Å². The Kier molecular flexibility index (Phi) is 8.88. The molecule has 5 aromatic carbocycles. The third kappa shape index (κ3) is 7.50. The number of benzene rings is 5. The summed E-state index contributed by atoms with van der Waals surface area (Å²) in [7, 11) is 0. The highest BCUT2D eigenvalue weighted by Crippen LogP contribution is 2.27. The third-order valence-electron chi connectivity index (χ3n) is 6.04. The predicted octanol–water partition coefficient (Wildman–Crippen LogP) is 6.82. The van der Waals surface area contributed by atoms with E-state index < -0.39 is 11.9 Å². The van der Waals surface area contributed by atoms with Crippen molar-refractivity contribution in [3.05, 3.63) is 137 Å². The van der Waals surface area contributed by atoms with E-state index in [1.807, 2.05) is 60.7 Å². The van der Waals surface area contributed by atoms with Crippen molar-refractivity contribution in [2.24, 2.45) is 5.10 Å². The van der Waals surface area contributed by atoms with E-state index in [1.54, 1.807) is 54.6 Å². The van der Waals surface area contributed by atoms with E-state index in [1.165, 1.54) is 6.21 Å². The first-order valence-corrected chi connectivity index (χ1v) is 13.1. The number of hydrogen-bond acceptors (Lipinski definition) is 6. The Morgan fingerprint density at radius 3 is 2.20 bits per heavy atom. The number of hydrazone groups is 1. The summed E-state index contributed by atoms with van der Waals surface area (Å²) in [5.74, 6) is 0.512. The summed E-state index contributed by atoms with van der Waals surface area (Å²) in [6.45, 7) is 0.218. The molecule has 5 rings (SSSR count). The number of fused-ring (bicyclic) bond motifs is 1. The van der Waals surface area contributed by atoms with Gasteiger partial charge in [-0.3, -0.25) is 4.79 Å². The van der Waals surface area contributed by atoms with E-state index in [4.69, 9.17) is 25.8 Å². The van der Waals surface area contributed by atoms with Gasteiger partial charge in [0.1, 0.15) is 23.9 Å². The second-order valence-electron chi connectivity index (χ2n) is 8.92. The summed E-state index contributed by atoms with van der Waals surface area (Å²) >= 11 is 5.93. The van der Waals surface area contributed by atoms with Gasteiger partial charge in [-0.05, 0) is 70.9 Å². The first-order chi connectivity index (χ1) is 20.0. The maximum absolute atomic E-state index is 12.7. The van der Waals surface area contributed by atoms with Gasteiger partial charge in [0.25, 0.3) is 5.91 Å². The van der Waals surface area contributed by atoms with Gasteiger partial charge in [-0.1, -0.05) is 72.3 Å². The molecule has 5 aromatic rings. The number of nitrogens with one attached hydrogen (secondary N) is 1. The molecule has 0 heterocycles. The first kappa shape index (κ1) is 27.4. The molecule has 0 unspecified atom stereocenters. The van der Waals surface area contributed by atoms with Gasteiger partial charge in [0.2, 0.25) is 0 Å². The van der Waals surface area contributed by atoms with E-state index in [-0.39, 0.29) is 6.61 Å². The van der Waals surface area contributed by atoms with Crippen LogP contribution in [0.2, 0.25) is 5.02 Å². The quantitative estimate of drug-likeness (QED) is 0.0870. The number of halogens is 1. The molecule has 0 fully saturated rings. The van der Waals surface area contributed by atoms with Crippen LogP contribution in [-0.4, -0.2) is 24.7 Å². The zero-order chi connectivity index (χ0) is 28.4. The summed E-state index contributed by atoms with van der Waals surface area (Å²) < 4.78 is 17.0. The van der Waals surface area contributed by atoms with Gasteiger partial charge in [-0.25, -0.2) is 10.2 Å². The minimum absolute atomic E-state index is 0.241. The van der Waals surface area contributed by atoms with Gasteiger partial charge in [0.15, 0.2) is 6.61 Å². The molecule has 0 radical (unpaired) electrons. The largest absolute Gasteiger partial charge is 0.489 e. The minimum Gasteiger partial charge on any atom is -0.489 e. The van der Waals surface area contributed by atoms with Crippen LogP contribution >= 0.6 is 11.6 Å². The van der Waals surface area contributed by atoms with Crippen LogP contribution in [0.4, 0.5) is 0 Å². The van der Waals surface area contributed by atoms with Gasteiger partial charge in [-0.15, -0.1) is 0 Å². The molecule has 204 valence electrons. The minimum atomic E-state index is -0.541. The van der Waals surface area contributed by atoms with Gasteiger partial charge in [0, 0.05) is 10.6 Å². The van der Waals surface area contributed by atoms with Crippen LogP contribution in [0, 0.1) is 0 Å². The molecule has 0 bridgehead atoms. The smallest absolute Gasteiger partial charge is 0.343 e. The lowest BCUT2D eigenvalue weighted by Crippen LogP contribution is -2.24. The van der Waals surface area contributed by atoms with Crippen LogP contribution in [0.25, 0.3) is 10.8 Å². The average Bonchev–Trinajstić information content (AvgIpc) is 3.01. The summed E-state index contributed by atoms with van der Waals surface area (Å²) in [5, 5.41) is 6.33. The molecular formula is C33H25ClN2O5. The molecule has 0 aliphatic rings. The number of esters is 1. The number of rotatable bonds is 10. The highest BCUT2D eigenvalue weighted by Gasteiger charge is 2.14.